The van der Waals surface area contributed by atoms with Crippen molar-refractivity contribution in [2.24, 2.45) is 0 Å². The molecule has 0 spiro atoms. The highest BCUT2D eigenvalue weighted by Gasteiger charge is 2.14. The van der Waals surface area contributed by atoms with Gasteiger partial charge in [-0.25, -0.2) is 0 Å². The van der Waals surface area contributed by atoms with Gasteiger partial charge < -0.3 is 10.1 Å². The second-order valence-corrected chi connectivity index (χ2v) is 3.58. The molecular weight excluding hydrogens is 174 g/mol. The summed E-state index contributed by atoms with van der Waals surface area (Å²) in [5, 5.41) is 7.99. The largest absolute Gasteiger partial charge is 0.376 e. The van der Waals surface area contributed by atoms with Crippen molar-refractivity contribution in [2.75, 3.05) is 18.5 Å². The number of hydrogen-bond acceptors (Lipinski definition) is 5. The Labute approximate surface area is 75.1 Å². The fourth-order valence-corrected chi connectivity index (χ4v) is 1.69. The molecule has 1 N–H and O–H groups in total. The summed E-state index contributed by atoms with van der Waals surface area (Å²) in [5.74, 6) is 0. The molecule has 0 saturated carbocycles. The quantitative estimate of drug-likeness (QED) is 0.766. The molecule has 0 aromatic carbocycles. The smallest absolute Gasteiger partial charge is 0.130 e. The average molecular weight is 185 g/mol. The van der Waals surface area contributed by atoms with Crippen LogP contribution in [-0.2, 0) is 4.74 Å². The maximum Gasteiger partial charge on any atom is 0.130 e. The molecule has 1 aliphatic rings. The lowest BCUT2D eigenvalue weighted by Crippen LogP contribution is -2.17. The Morgan fingerprint density at radius 2 is 2.75 bits per heavy atom. The van der Waals surface area contributed by atoms with E-state index in [9.17, 15) is 0 Å². The standard InChI is InChI=1S/C7H11N3OS/c1-2-6(11-3-1)4-8-7-5-9-10-12-7/h5-6,8H,1-4H2. The molecule has 0 bridgehead atoms. The SMILES string of the molecule is c1nnsc1NCC1CCCO1. The summed E-state index contributed by atoms with van der Waals surface area (Å²) in [6.07, 6.45) is 4.47. The predicted octanol–water partition coefficient (Wildman–Crippen LogP) is 1.13. The van der Waals surface area contributed by atoms with Gasteiger partial charge in [0, 0.05) is 24.7 Å². The molecule has 0 radical (unpaired) electrons. The van der Waals surface area contributed by atoms with Gasteiger partial charge in [-0.05, 0) is 12.8 Å². The van der Waals surface area contributed by atoms with Crippen LogP contribution in [0.1, 0.15) is 12.8 Å². The van der Waals surface area contributed by atoms with Crippen molar-refractivity contribution in [2.45, 2.75) is 18.9 Å². The lowest BCUT2D eigenvalue weighted by molar-refractivity contribution is 0.120. The number of nitrogens with one attached hydrogen (secondary N) is 1. The lowest BCUT2D eigenvalue weighted by atomic mass is 10.2. The van der Waals surface area contributed by atoms with E-state index < -0.39 is 0 Å². The normalized spacial score (nSPS) is 22.8. The van der Waals surface area contributed by atoms with Crippen molar-refractivity contribution in [3.05, 3.63) is 6.20 Å². The fourth-order valence-electron chi connectivity index (χ4n) is 1.26. The van der Waals surface area contributed by atoms with Crippen molar-refractivity contribution in [1.29, 1.82) is 0 Å². The summed E-state index contributed by atoms with van der Waals surface area (Å²) in [6.45, 7) is 1.79. The van der Waals surface area contributed by atoms with Crippen molar-refractivity contribution in [3.8, 4) is 0 Å². The molecule has 1 atom stereocenters. The van der Waals surface area contributed by atoms with Crippen LogP contribution >= 0.6 is 11.5 Å². The first-order chi connectivity index (χ1) is 5.95. The first kappa shape index (κ1) is 7.94. The molecule has 1 aromatic heterocycles. The minimum atomic E-state index is 0.382. The number of nitrogens with zero attached hydrogens (tertiary/aromatic N) is 2. The van der Waals surface area contributed by atoms with Crippen LogP contribution < -0.4 is 5.32 Å². The molecule has 1 fully saturated rings. The molecule has 4 nitrogen and oxygen atoms in total. The average Bonchev–Trinajstić information content (AvgIpc) is 2.74. The second-order valence-electron chi connectivity index (χ2n) is 2.80. The van der Waals surface area contributed by atoms with E-state index in [-0.39, 0.29) is 0 Å². The monoisotopic (exact) mass is 185 g/mol. The number of ether oxygens (including phenoxy) is 1. The zero-order valence-electron chi connectivity index (χ0n) is 6.69. The van der Waals surface area contributed by atoms with Gasteiger partial charge in [-0.3, -0.25) is 0 Å². The van der Waals surface area contributed by atoms with Crippen molar-refractivity contribution < 1.29 is 4.74 Å². The van der Waals surface area contributed by atoms with E-state index in [2.05, 4.69) is 14.9 Å². The van der Waals surface area contributed by atoms with Gasteiger partial charge in [-0.2, -0.15) is 0 Å². The zero-order chi connectivity index (χ0) is 8.23. The number of aromatic nitrogens is 2. The Morgan fingerprint density at radius 3 is 3.42 bits per heavy atom. The van der Waals surface area contributed by atoms with E-state index in [1.165, 1.54) is 24.4 Å². The Balaban J connectivity index is 1.74. The third kappa shape index (κ3) is 1.92. The van der Waals surface area contributed by atoms with E-state index in [1.807, 2.05) is 0 Å². The van der Waals surface area contributed by atoms with Gasteiger partial charge in [-0.1, -0.05) is 4.49 Å². The molecule has 2 rings (SSSR count). The van der Waals surface area contributed by atoms with Gasteiger partial charge >= 0.3 is 0 Å². The Morgan fingerprint density at radius 1 is 1.75 bits per heavy atom. The summed E-state index contributed by atoms with van der Waals surface area (Å²) < 4.78 is 9.21. The molecule has 0 aliphatic carbocycles. The molecule has 12 heavy (non-hydrogen) atoms. The van der Waals surface area contributed by atoms with Gasteiger partial charge in [0.1, 0.15) is 5.00 Å². The van der Waals surface area contributed by atoms with Gasteiger partial charge in [0.15, 0.2) is 0 Å². The highest BCUT2D eigenvalue weighted by Crippen LogP contribution is 2.14. The third-order valence-corrected chi connectivity index (χ3v) is 2.51. The molecule has 1 aliphatic heterocycles. The lowest BCUT2D eigenvalue weighted by Gasteiger charge is -2.08. The minimum Gasteiger partial charge on any atom is -0.376 e. The summed E-state index contributed by atoms with van der Waals surface area (Å²) in [6, 6.07) is 0. The first-order valence-electron chi connectivity index (χ1n) is 4.08. The first-order valence-corrected chi connectivity index (χ1v) is 4.85. The summed E-state index contributed by atoms with van der Waals surface area (Å²) >= 11 is 1.38. The molecule has 1 aromatic rings. The van der Waals surface area contributed by atoms with Gasteiger partial charge in [0.2, 0.25) is 0 Å². The molecule has 5 heteroatoms. The van der Waals surface area contributed by atoms with E-state index in [0.29, 0.717) is 6.10 Å². The Bertz CT molecular complexity index is 221. The van der Waals surface area contributed by atoms with Crippen LogP contribution in [0.4, 0.5) is 5.00 Å². The maximum absolute atomic E-state index is 5.45. The molecule has 1 saturated heterocycles. The van der Waals surface area contributed by atoms with Crippen LogP contribution in [-0.4, -0.2) is 28.8 Å². The number of hydrogen-bond donors (Lipinski definition) is 1. The molecule has 0 amide bonds. The Hall–Kier alpha value is -0.680. The zero-order valence-corrected chi connectivity index (χ0v) is 7.51. The van der Waals surface area contributed by atoms with Crippen molar-refractivity contribution >= 4 is 16.5 Å². The summed E-state index contributed by atoms with van der Waals surface area (Å²) in [7, 11) is 0. The second kappa shape index (κ2) is 3.82. The number of rotatable bonds is 3. The third-order valence-electron chi connectivity index (χ3n) is 1.89. The van der Waals surface area contributed by atoms with Crippen molar-refractivity contribution in [3.63, 3.8) is 0 Å². The van der Waals surface area contributed by atoms with Crippen LogP contribution in [0.15, 0.2) is 6.20 Å². The van der Waals surface area contributed by atoms with Crippen LogP contribution in [0, 0.1) is 0 Å². The summed E-state index contributed by atoms with van der Waals surface area (Å²) in [4.78, 5) is 0. The van der Waals surface area contributed by atoms with Crippen LogP contribution in [0.25, 0.3) is 0 Å². The van der Waals surface area contributed by atoms with E-state index in [1.54, 1.807) is 6.20 Å². The highest BCUT2D eigenvalue weighted by molar-refractivity contribution is 7.09. The predicted molar refractivity (Wildman–Crippen MR) is 47.4 cm³/mol. The minimum absolute atomic E-state index is 0.382. The van der Waals surface area contributed by atoms with E-state index in [0.717, 1.165) is 18.2 Å². The maximum atomic E-state index is 5.45. The van der Waals surface area contributed by atoms with E-state index in [4.69, 9.17) is 4.74 Å². The molecule has 66 valence electrons. The fraction of sp³-hybridized carbons (Fsp3) is 0.714. The van der Waals surface area contributed by atoms with Gasteiger partial charge in [0.25, 0.3) is 0 Å². The van der Waals surface area contributed by atoms with Crippen LogP contribution in [0.5, 0.6) is 0 Å². The summed E-state index contributed by atoms with van der Waals surface area (Å²) in [5.41, 5.74) is 0. The molecule has 1 unspecified atom stereocenters. The Kier molecular flexibility index (Phi) is 2.53. The van der Waals surface area contributed by atoms with Crippen LogP contribution in [0.3, 0.4) is 0 Å². The molecular formula is C7H11N3OS. The van der Waals surface area contributed by atoms with Gasteiger partial charge in [0.05, 0.1) is 12.3 Å². The van der Waals surface area contributed by atoms with Gasteiger partial charge in [-0.15, -0.1) is 5.10 Å². The van der Waals surface area contributed by atoms with Crippen molar-refractivity contribution in [1.82, 2.24) is 9.59 Å². The topological polar surface area (TPSA) is 47.0 Å². The molecule has 2 heterocycles. The number of anilines is 1. The van der Waals surface area contributed by atoms with Crippen LogP contribution in [0.2, 0.25) is 0 Å². The van der Waals surface area contributed by atoms with E-state index >= 15 is 0 Å². The highest BCUT2D eigenvalue weighted by atomic mass is 32.1.